The van der Waals surface area contributed by atoms with Crippen LogP contribution in [0.3, 0.4) is 0 Å². The average molecular weight is 387 g/mol. The Morgan fingerprint density at radius 1 is 1.11 bits per heavy atom. The lowest BCUT2D eigenvalue weighted by atomic mass is 10.3. The molecule has 0 radical (unpaired) electrons. The third kappa shape index (κ3) is 2.60. The van der Waals surface area contributed by atoms with E-state index in [0.29, 0.717) is 5.02 Å². The number of anilines is 2. The van der Waals surface area contributed by atoms with Crippen molar-refractivity contribution in [3.8, 4) is 0 Å². The maximum absolute atomic E-state index is 5.95. The lowest BCUT2D eigenvalue weighted by Gasteiger charge is -2.01. The molecule has 2 aromatic carbocycles. The highest BCUT2D eigenvalue weighted by atomic mass is 127. The Labute approximate surface area is 127 Å². The van der Waals surface area contributed by atoms with Crippen LogP contribution in [0, 0.1) is 3.57 Å². The largest absolute Gasteiger partial charge is 0.332 e. The van der Waals surface area contributed by atoms with Gasteiger partial charge in [-0.25, -0.2) is 4.98 Å². The molecule has 0 unspecified atom stereocenters. The summed E-state index contributed by atoms with van der Waals surface area (Å²) < 4.78 is 2.35. The second-order valence-corrected chi connectivity index (χ2v) is 6.48. The summed E-state index contributed by atoms with van der Waals surface area (Å²) in [7, 11) is 0. The van der Waals surface area contributed by atoms with E-state index in [0.717, 1.165) is 21.0 Å². The highest BCUT2D eigenvalue weighted by Crippen LogP contribution is 2.30. The van der Waals surface area contributed by atoms with Crippen molar-refractivity contribution in [1.82, 2.24) is 4.98 Å². The maximum atomic E-state index is 5.95. The van der Waals surface area contributed by atoms with Gasteiger partial charge in [0.15, 0.2) is 5.13 Å². The Bertz CT molecular complexity index is 694. The molecular formula is C13H8ClIN2S. The molecule has 0 aliphatic carbocycles. The molecule has 2 nitrogen and oxygen atoms in total. The molecule has 0 spiro atoms. The fourth-order valence-electron chi connectivity index (χ4n) is 1.61. The van der Waals surface area contributed by atoms with Crippen molar-refractivity contribution in [2.24, 2.45) is 0 Å². The quantitative estimate of drug-likeness (QED) is 0.605. The van der Waals surface area contributed by atoms with Crippen molar-refractivity contribution in [3.05, 3.63) is 51.1 Å². The number of hydrogen-bond donors (Lipinski definition) is 1. The summed E-state index contributed by atoms with van der Waals surface area (Å²) in [6, 6.07) is 14.0. The molecular weight excluding hydrogens is 379 g/mol. The van der Waals surface area contributed by atoms with Crippen LogP contribution in [0.2, 0.25) is 5.02 Å². The SMILES string of the molecule is Clc1ccc2sc(Nc3ccc(I)cc3)nc2c1. The highest BCUT2D eigenvalue weighted by molar-refractivity contribution is 14.1. The molecule has 5 heteroatoms. The third-order valence-corrected chi connectivity index (χ3v) is 4.35. The van der Waals surface area contributed by atoms with Crippen molar-refractivity contribution < 1.29 is 0 Å². The standard InChI is InChI=1S/C13H8ClIN2S/c14-8-1-6-12-11(7-8)17-13(18-12)16-10-4-2-9(15)3-5-10/h1-7H,(H,16,17). The minimum Gasteiger partial charge on any atom is -0.332 e. The van der Waals surface area contributed by atoms with E-state index in [1.54, 1.807) is 11.3 Å². The van der Waals surface area contributed by atoms with Crippen LogP contribution in [0.25, 0.3) is 10.2 Å². The first-order chi connectivity index (χ1) is 8.70. The Kier molecular flexibility index (Phi) is 3.41. The van der Waals surface area contributed by atoms with E-state index in [9.17, 15) is 0 Å². The van der Waals surface area contributed by atoms with E-state index in [4.69, 9.17) is 11.6 Å². The summed E-state index contributed by atoms with van der Waals surface area (Å²) in [5.41, 5.74) is 1.97. The zero-order valence-electron chi connectivity index (χ0n) is 9.15. The molecule has 0 fully saturated rings. The Morgan fingerprint density at radius 3 is 2.67 bits per heavy atom. The van der Waals surface area contributed by atoms with Crippen molar-refractivity contribution in [1.29, 1.82) is 0 Å². The molecule has 0 aliphatic heterocycles. The molecule has 0 aliphatic rings. The molecule has 1 N–H and O–H groups in total. The topological polar surface area (TPSA) is 24.9 Å². The van der Waals surface area contributed by atoms with Crippen molar-refractivity contribution in [2.45, 2.75) is 0 Å². The highest BCUT2D eigenvalue weighted by Gasteiger charge is 2.04. The van der Waals surface area contributed by atoms with Crippen molar-refractivity contribution >= 4 is 66.6 Å². The van der Waals surface area contributed by atoms with E-state index in [1.165, 1.54) is 3.57 Å². The first-order valence-electron chi connectivity index (χ1n) is 5.29. The molecule has 3 rings (SSSR count). The van der Waals surface area contributed by atoms with Gasteiger partial charge in [0.05, 0.1) is 10.2 Å². The summed E-state index contributed by atoms with van der Waals surface area (Å²) in [4.78, 5) is 4.51. The third-order valence-electron chi connectivity index (χ3n) is 2.45. The molecule has 90 valence electrons. The molecule has 1 heterocycles. The molecule has 18 heavy (non-hydrogen) atoms. The Balaban J connectivity index is 1.92. The van der Waals surface area contributed by atoms with Gasteiger partial charge >= 0.3 is 0 Å². The fourth-order valence-corrected chi connectivity index (χ4v) is 3.00. The smallest absolute Gasteiger partial charge is 0.188 e. The number of halogens is 2. The summed E-state index contributed by atoms with van der Waals surface area (Å²) in [6.07, 6.45) is 0. The zero-order valence-corrected chi connectivity index (χ0v) is 12.9. The number of nitrogens with zero attached hydrogens (tertiary/aromatic N) is 1. The first-order valence-corrected chi connectivity index (χ1v) is 7.57. The maximum Gasteiger partial charge on any atom is 0.188 e. The number of aromatic nitrogens is 1. The predicted octanol–water partition coefficient (Wildman–Crippen LogP) is 5.30. The van der Waals surface area contributed by atoms with Crippen LogP contribution < -0.4 is 5.32 Å². The number of hydrogen-bond acceptors (Lipinski definition) is 3. The van der Waals surface area contributed by atoms with Crippen molar-refractivity contribution in [3.63, 3.8) is 0 Å². The van der Waals surface area contributed by atoms with E-state index in [-0.39, 0.29) is 0 Å². The minimum absolute atomic E-state index is 0.716. The second kappa shape index (κ2) is 5.03. The normalized spacial score (nSPS) is 10.8. The van der Waals surface area contributed by atoms with Crippen LogP contribution in [0.4, 0.5) is 10.8 Å². The minimum atomic E-state index is 0.716. The van der Waals surface area contributed by atoms with Gasteiger partial charge in [0.25, 0.3) is 0 Å². The van der Waals surface area contributed by atoms with Crippen LogP contribution >= 0.6 is 45.5 Å². The van der Waals surface area contributed by atoms with Gasteiger partial charge in [0, 0.05) is 14.3 Å². The lowest BCUT2D eigenvalue weighted by molar-refractivity contribution is 1.44. The average Bonchev–Trinajstić information content (AvgIpc) is 2.73. The molecule has 1 aromatic heterocycles. The van der Waals surface area contributed by atoms with E-state index in [2.05, 4.69) is 45.0 Å². The number of thiazole rings is 1. The number of rotatable bonds is 2. The van der Waals surface area contributed by atoms with Crippen LogP contribution in [-0.2, 0) is 0 Å². The van der Waals surface area contributed by atoms with Gasteiger partial charge in [-0.2, -0.15) is 0 Å². The molecule has 0 atom stereocenters. The van der Waals surface area contributed by atoms with E-state index >= 15 is 0 Å². The predicted molar refractivity (Wildman–Crippen MR) is 87.1 cm³/mol. The summed E-state index contributed by atoms with van der Waals surface area (Å²) in [5, 5.41) is 4.90. The van der Waals surface area contributed by atoms with Crippen molar-refractivity contribution in [2.75, 3.05) is 5.32 Å². The molecule has 0 saturated heterocycles. The van der Waals surface area contributed by atoms with Crippen LogP contribution in [0.1, 0.15) is 0 Å². The molecule has 3 aromatic rings. The summed E-state index contributed by atoms with van der Waals surface area (Å²) in [5.74, 6) is 0. The van der Waals surface area contributed by atoms with Crippen LogP contribution in [0.15, 0.2) is 42.5 Å². The van der Waals surface area contributed by atoms with Gasteiger partial charge in [0.1, 0.15) is 0 Å². The Hall–Kier alpha value is -0.850. The first kappa shape index (κ1) is 12.2. The van der Waals surface area contributed by atoms with Crippen LogP contribution in [0.5, 0.6) is 0 Å². The van der Waals surface area contributed by atoms with Gasteiger partial charge in [-0.05, 0) is 65.1 Å². The van der Waals surface area contributed by atoms with Gasteiger partial charge in [0.2, 0.25) is 0 Å². The summed E-state index contributed by atoms with van der Waals surface area (Å²) >= 11 is 9.86. The van der Waals surface area contributed by atoms with Crippen LogP contribution in [-0.4, -0.2) is 4.98 Å². The Morgan fingerprint density at radius 2 is 1.89 bits per heavy atom. The lowest BCUT2D eigenvalue weighted by Crippen LogP contribution is -1.88. The molecule has 0 saturated carbocycles. The zero-order chi connectivity index (χ0) is 12.5. The van der Waals surface area contributed by atoms with Gasteiger partial charge < -0.3 is 5.32 Å². The number of fused-ring (bicyclic) bond motifs is 1. The van der Waals surface area contributed by atoms with Gasteiger partial charge in [-0.1, -0.05) is 22.9 Å². The second-order valence-electron chi connectivity index (χ2n) is 3.76. The van der Waals surface area contributed by atoms with E-state index in [1.807, 2.05) is 30.3 Å². The summed E-state index contributed by atoms with van der Waals surface area (Å²) in [6.45, 7) is 0. The fraction of sp³-hybridized carbons (Fsp3) is 0. The van der Waals surface area contributed by atoms with Gasteiger partial charge in [-0.3, -0.25) is 0 Å². The number of benzene rings is 2. The molecule has 0 amide bonds. The number of nitrogens with one attached hydrogen (secondary N) is 1. The molecule has 0 bridgehead atoms. The monoisotopic (exact) mass is 386 g/mol. The van der Waals surface area contributed by atoms with E-state index < -0.39 is 0 Å². The van der Waals surface area contributed by atoms with Gasteiger partial charge in [-0.15, -0.1) is 0 Å².